The molecule has 0 saturated carbocycles. The van der Waals surface area contributed by atoms with Crippen LogP contribution in [0.5, 0.6) is 0 Å². The van der Waals surface area contributed by atoms with Crippen LogP contribution >= 0.6 is 0 Å². The third-order valence-electron chi connectivity index (χ3n) is 8.04. The summed E-state index contributed by atoms with van der Waals surface area (Å²) in [6.45, 7) is 8.60. The molecule has 9 heteroatoms. The first-order valence-electron chi connectivity index (χ1n) is 14.1. The van der Waals surface area contributed by atoms with Crippen molar-refractivity contribution in [2.75, 3.05) is 36.4 Å². The number of anilines is 2. The standard InChI is InChI=1S/C31H38N4O4S/c1-22-4-6-25(7-5-22)8-13-29-30(24(3)33-39-29)40(37,38)35-20-16-26(17-21-35)31(36)32-27-9-11-28(12-10-27)34-18-14-23(2)15-19-34/h4-13,23,26H,14-21H2,1-3H3,(H,32,36)/b13-8+. The van der Waals surface area contributed by atoms with Crippen LogP contribution in [-0.2, 0) is 14.8 Å². The Balaban J connectivity index is 1.19. The minimum atomic E-state index is -3.83. The highest BCUT2D eigenvalue weighted by Gasteiger charge is 2.36. The Hall–Kier alpha value is -3.43. The van der Waals surface area contributed by atoms with Gasteiger partial charge in [-0.05, 0) is 81.4 Å². The monoisotopic (exact) mass is 562 g/mol. The lowest BCUT2D eigenvalue weighted by atomic mass is 9.97. The largest absolute Gasteiger partial charge is 0.372 e. The highest BCUT2D eigenvalue weighted by atomic mass is 32.2. The molecule has 2 fully saturated rings. The fourth-order valence-corrected chi connectivity index (χ4v) is 7.12. The maximum atomic E-state index is 13.6. The van der Waals surface area contributed by atoms with E-state index in [2.05, 4.69) is 34.4 Å². The van der Waals surface area contributed by atoms with E-state index < -0.39 is 10.0 Å². The van der Waals surface area contributed by atoms with Gasteiger partial charge in [-0.25, -0.2) is 8.42 Å². The first kappa shape index (κ1) is 28.1. The first-order valence-corrected chi connectivity index (χ1v) is 15.5. The summed E-state index contributed by atoms with van der Waals surface area (Å²) in [6, 6.07) is 15.9. The maximum Gasteiger partial charge on any atom is 0.248 e. The molecule has 2 aliphatic rings. The number of nitrogens with one attached hydrogen (secondary N) is 1. The van der Waals surface area contributed by atoms with E-state index in [1.54, 1.807) is 13.0 Å². The van der Waals surface area contributed by atoms with Gasteiger partial charge in [-0.1, -0.05) is 48.0 Å². The topological polar surface area (TPSA) is 95.8 Å². The van der Waals surface area contributed by atoms with Gasteiger partial charge in [0.2, 0.25) is 15.9 Å². The molecule has 2 aromatic carbocycles. The highest BCUT2D eigenvalue weighted by molar-refractivity contribution is 7.89. The van der Waals surface area contributed by atoms with E-state index in [0.717, 1.165) is 35.8 Å². The average molecular weight is 563 g/mol. The third kappa shape index (κ3) is 6.31. The molecule has 1 amide bonds. The highest BCUT2D eigenvalue weighted by Crippen LogP contribution is 2.30. The van der Waals surface area contributed by atoms with E-state index in [0.29, 0.717) is 18.5 Å². The number of amides is 1. The molecule has 1 N–H and O–H groups in total. The second-order valence-corrected chi connectivity index (χ2v) is 13.0. The van der Waals surface area contributed by atoms with Crippen molar-refractivity contribution in [2.24, 2.45) is 11.8 Å². The van der Waals surface area contributed by atoms with Gasteiger partial charge < -0.3 is 14.7 Å². The number of piperidine rings is 2. The zero-order valence-electron chi connectivity index (χ0n) is 23.5. The molecule has 0 bridgehead atoms. The lowest BCUT2D eigenvalue weighted by Crippen LogP contribution is -2.41. The van der Waals surface area contributed by atoms with E-state index in [1.807, 2.05) is 49.4 Å². The zero-order chi connectivity index (χ0) is 28.3. The third-order valence-corrected chi connectivity index (χ3v) is 10.1. The molecule has 3 heterocycles. The van der Waals surface area contributed by atoms with Crippen molar-refractivity contribution in [3.8, 4) is 0 Å². The Labute approximate surface area is 237 Å². The van der Waals surface area contributed by atoms with Crippen molar-refractivity contribution in [2.45, 2.75) is 51.3 Å². The second-order valence-electron chi connectivity index (χ2n) is 11.1. The molecule has 212 valence electrons. The van der Waals surface area contributed by atoms with Gasteiger partial charge in [0.15, 0.2) is 10.7 Å². The summed E-state index contributed by atoms with van der Waals surface area (Å²) in [5.74, 6) is 0.665. The Morgan fingerprint density at radius 3 is 2.23 bits per heavy atom. The van der Waals surface area contributed by atoms with Gasteiger partial charge in [-0.2, -0.15) is 4.31 Å². The molecule has 5 rings (SSSR count). The number of rotatable bonds is 7. The van der Waals surface area contributed by atoms with E-state index in [-0.39, 0.29) is 35.6 Å². The minimum absolute atomic E-state index is 0.0699. The molecule has 8 nitrogen and oxygen atoms in total. The number of benzene rings is 2. The van der Waals surface area contributed by atoms with Crippen molar-refractivity contribution in [1.29, 1.82) is 0 Å². The van der Waals surface area contributed by atoms with Crippen LogP contribution in [0.1, 0.15) is 55.2 Å². The number of carbonyl (C=O) groups excluding carboxylic acids is 1. The fraction of sp³-hybridized carbons (Fsp3) is 0.419. The fourth-order valence-electron chi connectivity index (χ4n) is 5.40. The van der Waals surface area contributed by atoms with Gasteiger partial charge in [0.05, 0.1) is 0 Å². The molecule has 0 spiro atoms. The van der Waals surface area contributed by atoms with Crippen LogP contribution in [0.4, 0.5) is 11.4 Å². The molecule has 2 saturated heterocycles. The van der Waals surface area contributed by atoms with Crippen molar-refractivity contribution >= 4 is 39.5 Å². The SMILES string of the molecule is Cc1ccc(/C=C/c2onc(C)c2S(=O)(=O)N2CCC(C(=O)Nc3ccc(N4CCC(C)CC4)cc3)CC2)cc1. The normalized spacial score (nSPS) is 17.9. The van der Waals surface area contributed by atoms with Crippen LogP contribution in [0.3, 0.4) is 0 Å². The Kier molecular flexibility index (Phi) is 8.42. The summed E-state index contributed by atoms with van der Waals surface area (Å²) in [5, 5.41) is 6.96. The van der Waals surface area contributed by atoms with E-state index >= 15 is 0 Å². The van der Waals surface area contributed by atoms with Gasteiger partial charge >= 0.3 is 0 Å². The van der Waals surface area contributed by atoms with Gasteiger partial charge in [-0.15, -0.1) is 0 Å². The van der Waals surface area contributed by atoms with E-state index in [9.17, 15) is 13.2 Å². The zero-order valence-corrected chi connectivity index (χ0v) is 24.3. The van der Waals surface area contributed by atoms with Crippen LogP contribution < -0.4 is 10.2 Å². The summed E-state index contributed by atoms with van der Waals surface area (Å²) in [6.07, 6.45) is 6.77. The molecule has 3 aromatic rings. The number of hydrogen-bond donors (Lipinski definition) is 1. The second kappa shape index (κ2) is 12.0. The number of hydrogen-bond acceptors (Lipinski definition) is 6. The Morgan fingerprint density at radius 2 is 1.57 bits per heavy atom. The van der Waals surface area contributed by atoms with Crippen molar-refractivity contribution in [3.05, 3.63) is 71.1 Å². The molecular weight excluding hydrogens is 524 g/mol. The minimum Gasteiger partial charge on any atom is -0.372 e. The predicted octanol–water partition coefficient (Wildman–Crippen LogP) is 5.74. The predicted molar refractivity (Wildman–Crippen MR) is 159 cm³/mol. The van der Waals surface area contributed by atoms with Crippen LogP contribution in [0, 0.1) is 25.7 Å². The summed E-state index contributed by atoms with van der Waals surface area (Å²) in [5.41, 5.74) is 4.35. The molecule has 0 atom stereocenters. The summed E-state index contributed by atoms with van der Waals surface area (Å²) < 4.78 is 34.0. The van der Waals surface area contributed by atoms with E-state index in [4.69, 9.17) is 4.52 Å². The number of aromatic nitrogens is 1. The van der Waals surface area contributed by atoms with Gasteiger partial charge in [0, 0.05) is 43.5 Å². The number of aryl methyl sites for hydroxylation is 2. The number of carbonyl (C=O) groups is 1. The number of sulfonamides is 1. The molecule has 0 unspecified atom stereocenters. The number of nitrogens with zero attached hydrogens (tertiary/aromatic N) is 3. The molecular formula is C31H38N4O4S. The lowest BCUT2D eigenvalue weighted by Gasteiger charge is -2.32. The van der Waals surface area contributed by atoms with Crippen molar-refractivity contribution in [1.82, 2.24) is 9.46 Å². The Bertz CT molecular complexity index is 1450. The Morgan fingerprint density at radius 1 is 0.925 bits per heavy atom. The van der Waals surface area contributed by atoms with Crippen molar-refractivity contribution in [3.63, 3.8) is 0 Å². The van der Waals surface area contributed by atoms with Crippen LogP contribution in [0.2, 0.25) is 0 Å². The summed E-state index contributed by atoms with van der Waals surface area (Å²) in [7, 11) is -3.83. The molecule has 2 aliphatic heterocycles. The quantitative estimate of drug-likeness (QED) is 0.395. The van der Waals surface area contributed by atoms with Crippen LogP contribution in [-0.4, -0.2) is 50.0 Å². The van der Waals surface area contributed by atoms with Gasteiger partial charge in [-0.3, -0.25) is 4.79 Å². The van der Waals surface area contributed by atoms with Crippen molar-refractivity contribution < 1.29 is 17.7 Å². The smallest absolute Gasteiger partial charge is 0.248 e. The molecule has 0 radical (unpaired) electrons. The summed E-state index contributed by atoms with van der Waals surface area (Å²) in [4.78, 5) is 15.5. The van der Waals surface area contributed by atoms with Gasteiger partial charge in [0.1, 0.15) is 5.69 Å². The van der Waals surface area contributed by atoms with E-state index in [1.165, 1.54) is 22.8 Å². The van der Waals surface area contributed by atoms with Gasteiger partial charge in [0.25, 0.3) is 0 Å². The first-order chi connectivity index (χ1) is 19.2. The van der Waals surface area contributed by atoms with Crippen LogP contribution in [0.15, 0.2) is 57.9 Å². The molecule has 0 aliphatic carbocycles. The maximum absolute atomic E-state index is 13.6. The lowest BCUT2D eigenvalue weighted by molar-refractivity contribution is -0.120. The molecule has 40 heavy (non-hydrogen) atoms. The van der Waals surface area contributed by atoms with Crippen LogP contribution in [0.25, 0.3) is 12.2 Å². The average Bonchev–Trinajstić information content (AvgIpc) is 3.34. The summed E-state index contributed by atoms with van der Waals surface area (Å²) >= 11 is 0. The molecule has 1 aromatic heterocycles.